The molecule has 1 aromatic heterocycles. The van der Waals surface area contributed by atoms with E-state index in [9.17, 15) is 4.79 Å². The van der Waals surface area contributed by atoms with Crippen LogP contribution in [0.3, 0.4) is 0 Å². The molecule has 0 aliphatic heterocycles. The zero-order chi connectivity index (χ0) is 8.10. The summed E-state index contributed by atoms with van der Waals surface area (Å²) >= 11 is 0. The van der Waals surface area contributed by atoms with Crippen LogP contribution >= 0.6 is 0 Å². The summed E-state index contributed by atoms with van der Waals surface area (Å²) in [7, 11) is 0. The Morgan fingerprint density at radius 3 is 2.82 bits per heavy atom. The van der Waals surface area contributed by atoms with Crippen molar-refractivity contribution in [2.24, 2.45) is 11.1 Å². The van der Waals surface area contributed by atoms with E-state index in [0.29, 0.717) is 12.0 Å². The van der Waals surface area contributed by atoms with Crippen molar-refractivity contribution in [3.8, 4) is 0 Å². The summed E-state index contributed by atoms with van der Waals surface area (Å²) in [5, 5.41) is 3.23. The first kappa shape index (κ1) is 7.49. The van der Waals surface area contributed by atoms with Gasteiger partial charge in [-0.1, -0.05) is 5.16 Å². The number of nitrogens with zero attached hydrogens (tertiary/aromatic N) is 1. The van der Waals surface area contributed by atoms with E-state index in [1.165, 1.54) is 12.3 Å². The first-order valence-corrected chi connectivity index (χ1v) is 2.81. The molecule has 5 nitrogen and oxygen atoms in total. The van der Waals surface area contributed by atoms with Crippen molar-refractivity contribution in [2.75, 3.05) is 0 Å². The maximum Gasteiger partial charge on any atom is 0.185 e. The van der Waals surface area contributed by atoms with Crippen molar-refractivity contribution in [1.82, 2.24) is 0 Å². The van der Waals surface area contributed by atoms with Gasteiger partial charge in [0.05, 0.1) is 0 Å². The Labute approximate surface area is 62.4 Å². The van der Waals surface area contributed by atoms with Gasteiger partial charge in [-0.05, 0) is 12.1 Å². The second kappa shape index (κ2) is 3.52. The Morgan fingerprint density at radius 1 is 1.55 bits per heavy atom. The standard InChI is InChI=1S/C6H6N2O3/c7-11-8-3-5-1-2-6(4-9)10-5/h1-4H,7H2. The fraction of sp³-hybridized carbons (Fsp3) is 0. The lowest BCUT2D eigenvalue weighted by Crippen LogP contribution is -1.89. The number of rotatable bonds is 3. The molecule has 0 amide bonds. The molecule has 0 radical (unpaired) electrons. The van der Waals surface area contributed by atoms with Crippen LogP contribution in [-0.4, -0.2) is 12.5 Å². The van der Waals surface area contributed by atoms with E-state index in [2.05, 4.69) is 16.0 Å². The van der Waals surface area contributed by atoms with Crippen LogP contribution < -0.4 is 5.90 Å². The molecule has 5 heteroatoms. The van der Waals surface area contributed by atoms with E-state index in [4.69, 9.17) is 4.42 Å². The van der Waals surface area contributed by atoms with Crippen LogP contribution in [0.25, 0.3) is 0 Å². The Hall–Kier alpha value is -1.62. The number of furan rings is 1. The highest BCUT2D eigenvalue weighted by molar-refractivity contribution is 5.78. The third-order valence-corrected chi connectivity index (χ3v) is 1.00. The Morgan fingerprint density at radius 2 is 2.27 bits per heavy atom. The molecule has 0 aromatic carbocycles. The van der Waals surface area contributed by atoms with E-state index in [1.807, 2.05) is 0 Å². The highest BCUT2D eigenvalue weighted by Gasteiger charge is 1.96. The minimum Gasteiger partial charge on any atom is -0.452 e. The van der Waals surface area contributed by atoms with Crippen molar-refractivity contribution in [1.29, 1.82) is 0 Å². The van der Waals surface area contributed by atoms with Crippen LogP contribution in [0.1, 0.15) is 16.3 Å². The second-order valence-corrected chi connectivity index (χ2v) is 1.70. The van der Waals surface area contributed by atoms with Gasteiger partial charge in [0.1, 0.15) is 12.0 Å². The first-order chi connectivity index (χ1) is 5.36. The summed E-state index contributed by atoms with van der Waals surface area (Å²) in [5.74, 6) is 5.26. The summed E-state index contributed by atoms with van der Waals surface area (Å²) in [6, 6.07) is 3.09. The largest absolute Gasteiger partial charge is 0.452 e. The van der Waals surface area contributed by atoms with Crippen molar-refractivity contribution in [3.05, 3.63) is 23.7 Å². The minimum absolute atomic E-state index is 0.239. The highest BCUT2D eigenvalue weighted by Crippen LogP contribution is 2.02. The smallest absolute Gasteiger partial charge is 0.185 e. The fourth-order valence-electron chi connectivity index (χ4n) is 0.583. The van der Waals surface area contributed by atoms with Gasteiger partial charge in [0.15, 0.2) is 12.0 Å². The number of carbonyl (C=O) groups excluding carboxylic acids is 1. The molecule has 58 valence electrons. The normalized spacial score (nSPS) is 10.3. The van der Waals surface area contributed by atoms with Gasteiger partial charge in [-0.2, -0.15) is 0 Å². The number of hydrogen-bond acceptors (Lipinski definition) is 5. The molecule has 0 unspecified atom stereocenters. The molecule has 2 N–H and O–H groups in total. The maximum absolute atomic E-state index is 10.1. The minimum atomic E-state index is 0.239. The molecule has 0 aliphatic rings. The van der Waals surface area contributed by atoms with Gasteiger partial charge in [0, 0.05) is 0 Å². The van der Waals surface area contributed by atoms with Crippen molar-refractivity contribution in [3.63, 3.8) is 0 Å². The third kappa shape index (κ3) is 1.91. The second-order valence-electron chi connectivity index (χ2n) is 1.70. The van der Waals surface area contributed by atoms with Crippen LogP contribution in [0, 0.1) is 0 Å². The monoisotopic (exact) mass is 154 g/mol. The zero-order valence-electron chi connectivity index (χ0n) is 5.56. The van der Waals surface area contributed by atoms with E-state index in [1.54, 1.807) is 6.07 Å². The molecular weight excluding hydrogens is 148 g/mol. The van der Waals surface area contributed by atoms with E-state index in [0.717, 1.165) is 0 Å². The fourth-order valence-corrected chi connectivity index (χ4v) is 0.583. The van der Waals surface area contributed by atoms with Crippen molar-refractivity contribution in [2.45, 2.75) is 0 Å². The number of nitrogens with two attached hydrogens (primary N) is 1. The molecule has 0 spiro atoms. The van der Waals surface area contributed by atoms with Crippen molar-refractivity contribution >= 4 is 12.5 Å². The third-order valence-electron chi connectivity index (χ3n) is 1.00. The molecule has 0 saturated heterocycles. The molecule has 0 bridgehead atoms. The topological polar surface area (TPSA) is 77.8 Å². The van der Waals surface area contributed by atoms with E-state index in [-0.39, 0.29) is 5.76 Å². The van der Waals surface area contributed by atoms with Gasteiger partial charge >= 0.3 is 0 Å². The van der Waals surface area contributed by atoms with Crippen LogP contribution in [-0.2, 0) is 4.94 Å². The molecule has 1 rings (SSSR count). The quantitative estimate of drug-likeness (QED) is 0.386. The molecule has 1 heterocycles. The van der Waals surface area contributed by atoms with Crippen LogP contribution in [0.5, 0.6) is 0 Å². The van der Waals surface area contributed by atoms with Gasteiger partial charge in [0.25, 0.3) is 0 Å². The zero-order valence-corrected chi connectivity index (χ0v) is 5.56. The Bertz CT molecular complexity index is 267. The van der Waals surface area contributed by atoms with E-state index < -0.39 is 0 Å². The van der Waals surface area contributed by atoms with Gasteiger partial charge in [0.2, 0.25) is 0 Å². The molecule has 0 atom stereocenters. The summed E-state index contributed by atoms with van der Waals surface area (Å²) in [5.41, 5.74) is 0. The van der Waals surface area contributed by atoms with Gasteiger partial charge in [-0.3, -0.25) is 4.79 Å². The number of aldehydes is 1. The lowest BCUT2D eigenvalue weighted by molar-refractivity contribution is 0.110. The Kier molecular flexibility index (Phi) is 2.40. The SMILES string of the molecule is NON=Cc1ccc(C=O)o1. The van der Waals surface area contributed by atoms with Gasteiger partial charge in [-0.15, -0.1) is 5.90 Å². The lowest BCUT2D eigenvalue weighted by Gasteiger charge is -1.82. The average molecular weight is 154 g/mol. The summed E-state index contributed by atoms with van der Waals surface area (Å²) in [4.78, 5) is 14.0. The average Bonchev–Trinajstić information content (AvgIpc) is 2.48. The first-order valence-electron chi connectivity index (χ1n) is 2.81. The molecule has 0 aliphatic carbocycles. The summed E-state index contributed by atoms with van der Waals surface area (Å²) in [6.07, 6.45) is 1.85. The molecular formula is C6H6N2O3. The van der Waals surface area contributed by atoms with Crippen LogP contribution in [0.15, 0.2) is 21.7 Å². The van der Waals surface area contributed by atoms with Crippen molar-refractivity contribution < 1.29 is 14.2 Å². The number of hydrogen-bond donors (Lipinski definition) is 1. The summed E-state index contributed by atoms with van der Waals surface area (Å²) in [6.45, 7) is 0. The highest BCUT2D eigenvalue weighted by atomic mass is 16.7. The van der Waals surface area contributed by atoms with Crippen LogP contribution in [0.2, 0.25) is 0 Å². The molecule has 1 aromatic rings. The number of oxime groups is 1. The summed E-state index contributed by atoms with van der Waals surface area (Å²) < 4.78 is 4.88. The molecule has 11 heavy (non-hydrogen) atoms. The molecule has 0 saturated carbocycles. The van der Waals surface area contributed by atoms with Gasteiger partial charge < -0.3 is 9.36 Å². The lowest BCUT2D eigenvalue weighted by atomic mass is 10.4. The predicted molar refractivity (Wildman–Crippen MR) is 37.0 cm³/mol. The Balaban J connectivity index is 2.72. The predicted octanol–water partition coefficient (Wildman–Crippen LogP) is 0.316. The van der Waals surface area contributed by atoms with Crippen LogP contribution in [0.4, 0.5) is 0 Å². The molecule has 0 fully saturated rings. The maximum atomic E-state index is 10.1. The van der Waals surface area contributed by atoms with E-state index >= 15 is 0 Å². The number of carbonyl (C=O) groups is 1. The van der Waals surface area contributed by atoms with Gasteiger partial charge in [-0.25, -0.2) is 0 Å².